The highest BCUT2D eigenvalue weighted by atomic mass is 35.5. The van der Waals surface area contributed by atoms with Gasteiger partial charge in [0.05, 0.1) is 34.4 Å². The standard InChI is InChI=1S/C24H32ClN3O5S/c1-14-10-19(29)17(12-18(14)25)21(27-34(32)24(2,3)4)15-6-8-28(9-7-15)23(31)16-11-20(33-5)22(30)26-13-16/h10-13,15,21,27,29H,6-9H2,1-5H3,(H,26,30)/t21-,34?/m1/s1. The molecule has 1 unspecified atom stereocenters. The van der Waals surface area contributed by atoms with Crippen molar-refractivity contribution in [3.8, 4) is 11.5 Å². The van der Waals surface area contributed by atoms with Gasteiger partial charge in [-0.2, -0.15) is 0 Å². The predicted octanol–water partition coefficient (Wildman–Crippen LogP) is 3.70. The molecule has 3 rings (SSSR count). The number of halogens is 1. The Morgan fingerprint density at radius 1 is 1.29 bits per heavy atom. The summed E-state index contributed by atoms with van der Waals surface area (Å²) >= 11 is 6.36. The van der Waals surface area contributed by atoms with Gasteiger partial charge < -0.3 is 19.7 Å². The number of aryl methyl sites for hydroxylation is 1. The van der Waals surface area contributed by atoms with E-state index < -0.39 is 27.3 Å². The fraction of sp³-hybridized carbons (Fsp3) is 0.500. The number of aromatic nitrogens is 1. The van der Waals surface area contributed by atoms with E-state index in [1.807, 2.05) is 27.7 Å². The number of nitrogens with zero attached hydrogens (tertiary/aromatic N) is 1. The van der Waals surface area contributed by atoms with E-state index in [0.29, 0.717) is 42.1 Å². The van der Waals surface area contributed by atoms with Crippen LogP contribution in [0.5, 0.6) is 11.5 Å². The lowest BCUT2D eigenvalue weighted by molar-refractivity contribution is 0.0673. The third kappa shape index (κ3) is 5.82. The number of likely N-dealkylation sites (tertiary alicyclic amines) is 1. The molecule has 1 amide bonds. The molecule has 8 nitrogen and oxygen atoms in total. The molecule has 1 fully saturated rings. The van der Waals surface area contributed by atoms with E-state index in [0.717, 1.165) is 5.56 Å². The smallest absolute Gasteiger partial charge is 0.290 e. The number of carbonyl (C=O) groups is 1. The maximum absolute atomic E-state index is 13.0. The number of H-pyrrole nitrogens is 1. The van der Waals surface area contributed by atoms with Crippen molar-refractivity contribution >= 4 is 28.5 Å². The van der Waals surface area contributed by atoms with Crippen LogP contribution in [0.1, 0.15) is 61.1 Å². The summed E-state index contributed by atoms with van der Waals surface area (Å²) in [5, 5.41) is 11.2. The second-order valence-electron chi connectivity index (χ2n) is 9.55. The molecule has 1 aliphatic heterocycles. The maximum atomic E-state index is 13.0. The number of piperidine rings is 1. The first-order valence-corrected chi connectivity index (χ1v) is 12.7. The number of rotatable bonds is 6. The van der Waals surface area contributed by atoms with Gasteiger partial charge in [-0.25, -0.2) is 8.93 Å². The number of ether oxygens (including phenoxy) is 1. The maximum Gasteiger partial charge on any atom is 0.290 e. The van der Waals surface area contributed by atoms with Gasteiger partial charge in [0.25, 0.3) is 11.5 Å². The van der Waals surface area contributed by atoms with Crippen molar-refractivity contribution in [1.29, 1.82) is 0 Å². The molecule has 186 valence electrons. The minimum Gasteiger partial charge on any atom is -0.508 e. The Hall–Kier alpha value is -2.36. The van der Waals surface area contributed by atoms with Gasteiger partial charge in [0.2, 0.25) is 0 Å². The molecule has 1 saturated heterocycles. The van der Waals surface area contributed by atoms with E-state index in [2.05, 4.69) is 9.71 Å². The number of carbonyl (C=O) groups excluding carboxylic acids is 1. The van der Waals surface area contributed by atoms with Crippen molar-refractivity contribution in [3.05, 3.63) is 56.5 Å². The molecule has 34 heavy (non-hydrogen) atoms. The molecule has 1 aliphatic rings. The van der Waals surface area contributed by atoms with E-state index in [4.69, 9.17) is 16.3 Å². The molecular formula is C24H32ClN3O5S. The Kier molecular flexibility index (Phi) is 8.10. The number of pyridine rings is 1. The molecule has 2 atom stereocenters. The summed E-state index contributed by atoms with van der Waals surface area (Å²) in [7, 11) is 0.00525. The minimum atomic E-state index is -1.38. The lowest BCUT2D eigenvalue weighted by Crippen LogP contribution is -2.44. The van der Waals surface area contributed by atoms with E-state index >= 15 is 0 Å². The number of aromatic amines is 1. The van der Waals surface area contributed by atoms with Crippen LogP contribution in [0.25, 0.3) is 0 Å². The third-order valence-electron chi connectivity index (χ3n) is 6.07. The average Bonchev–Trinajstić information content (AvgIpc) is 2.79. The largest absolute Gasteiger partial charge is 0.508 e. The third-order valence-corrected chi connectivity index (χ3v) is 8.06. The number of hydrogen-bond acceptors (Lipinski definition) is 5. The van der Waals surface area contributed by atoms with Crippen LogP contribution in [0.4, 0.5) is 0 Å². The Morgan fingerprint density at radius 3 is 2.53 bits per heavy atom. The fourth-order valence-corrected chi connectivity index (χ4v) is 5.07. The quantitative estimate of drug-likeness (QED) is 0.549. The first-order valence-electron chi connectivity index (χ1n) is 11.2. The average molecular weight is 510 g/mol. The predicted molar refractivity (Wildman–Crippen MR) is 134 cm³/mol. The topological polar surface area (TPSA) is 112 Å². The summed E-state index contributed by atoms with van der Waals surface area (Å²) in [5.74, 6) is 0.00711. The number of hydrogen-bond donors (Lipinski definition) is 3. The number of benzene rings is 1. The normalized spacial score (nSPS) is 16.8. The Morgan fingerprint density at radius 2 is 1.94 bits per heavy atom. The van der Waals surface area contributed by atoms with Gasteiger partial charge in [-0.15, -0.1) is 0 Å². The molecule has 0 bridgehead atoms. The summed E-state index contributed by atoms with van der Waals surface area (Å²) in [6.07, 6.45) is 2.66. The molecular weight excluding hydrogens is 478 g/mol. The van der Waals surface area contributed by atoms with Crippen molar-refractivity contribution in [2.45, 2.75) is 51.3 Å². The van der Waals surface area contributed by atoms with Gasteiger partial charge in [-0.05, 0) is 64.2 Å². The van der Waals surface area contributed by atoms with Crippen LogP contribution < -0.4 is 15.0 Å². The first kappa shape index (κ1) is 26.2. The second kappa shape index (κ2) is 10.5. The fourth-order valence-electron chi connectivity index (χ4n) is 3.99. The zero-order chi connectivity index (χ0) is 25.2. The zero-order valence-corrected chi connectivity index (χ0v) is 21.7. The summed E-state index contributed by atoms with van der Waals surface area (Å²) < 4.78 is 20.7. The van der Waals surface area contributed by atoms with Crippen LogP contribution in [-0.2, 0) is 11.0 Å². The van der Waals surface area contributed by atoms with E-state index in [1.165, 1.54) is 19.4 Å². The van der Waals surface area contributed by atoms with E-state index in [1.54, 1.807) is 17.0 Å². The van der Waals surface area contributed by atoms with Gasteiger partial charge in [0.1, 0.15) is 5.75 Å². The molecule has 1 aromatic heterocycles. The number of amides is 1. The SMILES string of the molecule is COc1cc(C(=O)N2CCC([C@@H](NS(=O)C(C)(C)C)c3cc(Cl)c(C)cc3O)CC2)c[nH]c1=O. The van der Waals surface area contributed by atoms with Crippen LogP contribution in [-0.4, -0.2) is 50.1 Å². The Labute approximate surface area is 207 Å². The minimum absolute atomic E-state index is 0.0186. The van der Waals surface area contributed by atoms with E-state index in [9.17, 15) is 18.9 Å². The molecule has 0 spiro atoms. The highest BCUT2D eigenvalue weighted by Gasteiger charge is 2.34. The Balaban J connectivity index is 1.82. The second-order valence-corrected chi connectivity index (χ2v) is 12.0. The number of methoxy groups -OCH3 is 1. The number of phenolic OH excluding ortho intramolecular Hbond substituents is 1. The van der Waals surface area contributed by atoms with Crippen LogP contribution in [0.15, 0.2) is 29.2 Å². The van der Waals surface area contributed by atoms with Crippen molar-refractivity contribution in [1.82, 2.24) is 14.6 Å². The van der Waals surface area contributed by atoms with Crippen LogP contribution >= 0.6 is 11.6 Å². The van der Waals surface area contributed by atoms with Gasteiger partial charge in [-0.3, -0.25) is 9.59 Å². The van der Waals surface area contributed by atoms with Crippen LogP contribution in [0.2, 0.25) is 5.02 Å². The summed E-state index contributed by atoms with van der Waals surface area (Å²) in [6, 6.07) is 4.39. The zero-order valence-electron chi connectivity index (χ0n) is 20.1. The van der Waals surface area contributed by atoms with Gasteiger partial charge >= 0.3 is 0 Å². The highest BCUT2D eigenvalue weighted by molar-refractivity contribution is 7.84. The molecule has 2 heterocycles. The summed E-state index contributed by atoms with van der Waals surface area (Å²) in [6.45, 7) is 8.42. The Bertz CT molecular complexity index is 1140. The lowest BCUT2D eigenvalue weighted by Gasteiger charge is -2.37. The highest BCUT2D eigenvalue weighted by Crippen LogP contribution is 2.38. The molecule has 0 saturated carbocycles. The van der Waals surface area contributed by atoms with Gasteiger partial charge in [-0.1, -0.05) is 11.6 Å². The molecule has 0 radical (unpaired) electrons. The number of aromatic hydroxyl groups is 1. The molecule has 2 aromatic rings. The van der Waals surface area contributed by atoms with Crippen LogP contribution in [0.3, 0.4) is 0 Å². The van der Waals surface area contributed by atoms with Gasteiger partial charge in [0, 0.05) is 35.9 Å². The number of nitrogens with one attached hydrogen (secondary N) is 2. The lowest BCUT2D eigenvalue weighted by atomic mass is 9.85. The van der Waals surface area contributed by atoms with Crippen LogP contribution in [0, 0.1) is 12.8 Å². The molecule has 10 heteroatoms. The molecule has 1 aromatic carbocycles. The van der Waals surface area contributed by atoms with Crippen molar-refractivity contribution in [3.63, 3.8) is 0 Å². The molecule has 0 aliphatic carbocycles. The first-order chi connectivity index (χ1) is 15.9. The van der Waals surface area contributed by atoms with Crippen molar-refractivity contribution < 1.29 is 18.8 Å². The van der Waals surface area contributed by atoms with Crippen molar-refractivity contribution in [2.24, 2.45) is 5.92 Å². The van der Waals surface area contributed by atoms with Crippen molar-refractivity contribution in [2.75, 3.05) is 20.2 Å². The van der Waals surface area contributed by atoms with Gasteiger partial charge in [0.15, 0.2) is 5.75 Å². The molecule has 3 N–H and O–H groups in total. The summed E-state index contributed by atoms with van der Waals surface area (Å²) in [5.41, 5.74) is 1.31. The van der Waals surface area contributed by atoms with E-state index in [-0.39, 0.29) is 23.3 Å². The number of phenols is 1. The summed E-state index contributed by atoms with van der Waals surface area (Å²) in [4.78, 5) is 29.0. The monoisotopic (exact) mass is 509 g/mol.